The Morgan fingerprint density at radius 2 is 1.85 bits per heavy atom. The summed E-state index contributed by atoms with van der Waals surface area (Å²) in [7, 11) is 3.06. The van der Waals surface area contributed by atoms with E-state index in [1.165, 1.54) is 14.2 Å². The van der Waals surface area contributed by atoms with Crippen molar-refractivity contribution >= 4 is 11.8 Å². The summed E-state index contributed by atoms with van der Waals surface area (Å²) in [6.45, 7) is 2.63. The number of hydrogen-bond acceptors (Lipinski definition) is 8. The molecule has 1 heterocycles. The van der Waals surface area contributed by atoms with Crippen LogP contribution in [0.2, 0.25) is 0 Å². The maximum absolute atomic E-state index is 13.4. The van der Waals surface area contributed by atoms with Crippen molar-refractivity contribution in [1.29, 1.82) is 0 Å². The first-order chi connectivity index (χ1) is 16.5. The van der Waals surface area contributed by atoms with Gasteiger partial charge in [0.2, 0.25) is 5.90 Å². The lowest BCUT2D eigenvalue weighted by atomic mass is 9.86. The summed E-state index contributed by atoms with van der Waals surface area (Å²) >= 11 is 0. The molecule has 1 aliphatic rings. The molecule has 2 aromatic carbocycles. The van der Waals surface area contributed by atoms with Gasteiger partial charge in [-0.2, -0.15) is 0 Å². The Bertz CT molecular complexity index is 933. The van der Waals surface area contributed by atoms with Gasteiger partial charge in [-0.3, -0.25) is 10.2 Å². The normalized spacial score (nSPS) is 19.6. The third-order valence-corrected chi connectivity index (χ3v) is 5.64. The van der Waals surface area contributed by atoms with Gasteiger partial charge in [0.05, 0.1) is 13.2 Å². The van der Waals surface area contributed by atoms with E-state index in [1.807, 2.05) is 61.5 Å². The molecule has 1 amide bonds. The average molecular weight is 472 g/mol. The zero-order chi connectivity index (χ0) is 24.4. The molecule has 0 saturated heterocycles. The number of amides is 1. The van der Waals surface area contributed by atoms with E-state index in [0.29, 0.717) is 31.1 Å². The zero-order valence-electron chi connectivity index (χ0n) is 19.8. The van der Waals surface area contributed by atoms with E-state index in [4.69, 9.17) is 29.0 Å². The van der Waals surface area contributed by atoms with Crippen LogP contribution in [0.15, 0.2) is 59.6 Å². The van der Waals surface area contributed by atoms with Crippen molar-refractivity contribution in [3.63, 3.8) is 0 Å². The number of hydrazine groups is 1. The van der Waals surface area contributed by atoms with Crippen LogP contribution in [-0.4, -0.2) is 68.8 Å². The van der Waals surface area contributed by atoms with Crippen LogP contribution in [0.1, 0.15) is 24.5 Å². The van der Waals surface area contributed by atoms with Crippen molar-refractivity contribution in [2.45, 2.75) is 37.7 Å². The topological polar surface area (TPSA) is 111 Å². The predicted octanol–water partition coefficient (Wildman–Crippen LogP) is 1.83. The summed E-state index contributed by atoms with van der Waals surface area (Å²) in [4.78, 5) is 18.3. The summed E-state index contributed by atoms with van der Waals surface area (Å²) in [6, 6.07) is 17.0. The highest BCUT2D eigenvalue weighted by atomic mass is 16.7. The highest BCUT2D eigenvalue weighted by Crippen LogP contribution is 2.32. The van der Waals surface area contributed by atoms with Crippen LogP contribution < -0.4 is 15.6 Å². The molecule has 0 radical (unpaired) electrons. The third-order valence-electron chi connectivity index (χ3n) is 5.64. The van der Waals surface area contributed by atoms with Gasteiger partial charge in [0.15, 0.2) is 11.8 Å². The monoisotopic (exact) mass is 471 g/mol. The smallest absolute Gasteiger partial charge is 0.266 e. The van der Waals surface area contributed by atoms with Crippen LogP contribution in [0.3, 0.4) is 0 Å². The van der Waals surface area contributed by atoms with E-state index < -0.39 is 17.9 Å². The summed E-state index contributed by atoms with van der Waals surface area (Å²) < 4.78 is 22.0. The second kappa shape index (κ2) is 12.5. The summed E-state index contributed by atoms with van der Waals surface area (Å²) in [5, 5.41) is 8.90. The van der Waals surface area contributed by atoms with Crippen molar-refractivity contribution in [2.24, 2.45) is 4.99 Å². The van der Waals surface area contributed by atoms with Crippen LogP contribution in [-0.2, 0) is 25.4 Å². The molecule has 0 aliphatic carbocycles. The van der Waals surface area contributed by atoms with Crippen LogP contribution >= 0.6 is 0 Å². The number of hydrogen-bond donors (Lipinski definition) is 3. The van der Waals surface area contributed by atoms with Crippen LogP contribution in [0.4, 0.5) is 0 Å². The Morgan fingerprint density at radius 3 is 2.50 bits per heavy atom. The molecule has 0 unspecified atom stereocenters. The Hall–Kier alpha value is -2.98. The van der Waals surface area contributed by atoms with Gasteiger partial charge >= 0.3 is 0 Å². The van der Waals surface area contributed by atoms with E-state index in [1.54, 1.807) is 0 Å². The van der Waals surface area contributed by atoms with Crippen molar-refractivity contribution in [3.05, 3.63) is 65.7 Å². The minimum atomic E-state index is -1.17. The standard InChI is InChI=1S/C25H33N3O6/c1-18-25(16-19-8-5-4-6-9-19,24(30)28-26-17-22(31-2)32-3)27-23(34-18)20-10-12-21(13-11-20)33-15-7-14-29/h4-6,8-13,18,22,26,29H,7,14-17H2,1-3H3,(H,28,30)/t18-,25-/m0/s1. The fourth-order valence-corrected chi connectivity index (χ4v) is 3.64. The Labute approximate surface area is 200 Å². The fraction of sp³-hybridized carbons (Fsp3) is 0.440. The molecule has 9 heteroatoms. The second-order valence-corrected chi connectivity index (χ2v) is 7.95. The largest absolute Gasteiger partial charge is 0.494 e. The van der Waals surface area contributed by atoms with Crippen molar-refractivity contribution < 1.29 is 28.8 Å². The Morgan fingerprint density at radius 1 is 1.15 bits per heavy atom. The maximum atomic E-state index is 13.4. The molecule has 0 fully saturated rings. The number of benzene rings is 2. The lowest BCUT2D eigenvalue weighted by Crippen LogP contribution is -2.57. The number of carbonyl (C=O) groups is 1. The first-order valence-electron chi connectivity index (χ1n) is 11.3. The molecule has 1 aliphatic heterocycles. The molecule has 0 spiro atoms. The number of nitrogens with one attached hydrogen (secondary N) is 2. The van der Waals surface area contributed by atoms with E-state index >= 15 is 0 Å². The third kappa shape index (κ3) is 6.32. The van der Waals surface area contributed by atoms with Crippen LogP contribution in [0, 0.1) is 0 Å². The first kappa shape index (κ1) is 25.6. The maximum Gasteiger partial charge on any atom is 0.266 e. The van der Waals surface area contributed by atoms with Crippen LogP contribution in [0.5, 0.6) is 5.75 Å². The minimum Gasteiger partial charge on any atom is -0.494 e. The van der Waals surface area contributed by atoms with Gasteiger partial charge < -0.3 is 24.1 Å². The molecule has 0 bridgehead atoms. The van der Waals surface area contributed by atoms with Crippen LogP contribution in [0.25, 0.3) is 0 Å². The van der Waals surface area contributed by atoms with Gasteiger partial charge in [-0.15, -0.1) is 0 Å². The molecule has 9 nitrogen and oxygen atoms in total. The number of methoxy groups -OCH3 is 2. The number of aliphatic imine (C=N–C) groups is 1. The molecular formula is C25H33N3O6. The Balaban J connectivity index is 1.82. The number of ether oxygens (including phenoxy) is 4. The molecule has 3 N–H and O–H groups in total. The average Bonchev–Trinajstić information content (AvgIpc) is 3.20. The second-order valence-electron chi connectivity index (χ2n) is 7.95. The number of aliphatic hydroxyl groups excluding tert-OH is 1. The number of carbonyl (C=O) groups excluding carboxylic acids is 1. The highest BCUT2D eigenvalue weighted by molar-refractivity contribution is 6.00. The molecule has 2 atom stereocenters. The van der Waals surface area contributed by atoms with E-state index in [0.717, 1.165) is 11.1 Å². The quantitative estimate of drug-likeness (QED) is 0.232. The SMILES string of the molecule is COC(CNNC(=O)[C@@]1(Cc2ccccc2)N=C(c2ccc(OCCCO)cc2)O[C@H]1C)OC. The highest BCUT2D eigenvalue weighted by Gasteiger charge is 2.50. The zero-order valence-corrected chi connectivity index (χ0v) is 19.8. The molecule has 0 aromatic heterocycles. The van der Waals surface area contributed by atoms with Crippen molar-refractivity contribution in [2.75, 3.05) is 34.0 Å². The lowest BCUT2D eigenvalue weighted by Gasteiger charge is -2.28. The van der Waals surface area contributed by atoms with Gasteiger partial charge in [-0.25, -0.2) is 10.4 Å². The molecule has 34 heavy (non-hydrogen) atoms. The van der Waals surface area contributed by atoms with Gasteiger partial charge in [0, 0.05) is 39.2 Å². The fourth-order valence-electron chi connectivity index (χ4n) is 3.64. The number of rotatable bonds is 13. The predicted molar refractivity (Wildman–Crippen MR) is 128 cm³/mol. The molecule has 2 aromatic rings. The molecule has 0 saturated carbocycles. The summed E-state index contributed by atoms with van der Waals surface area (Å²) in [5.74, 6) is 0.771. The van der Waals surface area contributed by atoms with Crippen molar-refractivity contribution in [1.82, 2.24) is 10.9 Å². The minimum absolute atomic E-state index is 0.0820. The van der Waals surface area contributed by atoms with E-state index in [9.17, 15) is 4.79 Å². The molecule has 184 valence electrons. The summed E-state index contributed by atoms with van der Waals surface area (Å²) in [6.07, 6.45) is -0.0762. The van der Waals surface area contributed by atoms with Gasteiger partial charge in [-0.05, 0) is 36.8 Å². The number of aliphatic hydroxyl groups is 1. The number of nitrogens with zero attached hydrogens (tertiary/aromatic N) is 1. The van der Waals surface area contributed by atoms with Crippen molar-refractivity contribution in [3.8, 4) is 5.75 Å². The lowest BCUT2D eigenvalue weighted by molar-refractivity contribution is -0.131. The Kier molecular flexibility index (Phi) is 9.41. The van der Waals surface area contributed by atoms with Gasteiger partial charge in [-0.1, -0.05) is 30.3 Å². The molecule has 3 rings (SSSR count). The van der Waals surface area contributed by atoms with E-state index in [2.05, 4.69) is 10.9 Å². The summed E-state index contributed by atoms with van der Waals surface area (Å²) in [5.41, 5.74) is 6.17. The van der Waals surface area contributed by atoms with Gasteiger partial charge in [0.1, 0.15) is 11.9 Å². The molecular weight excluding hydrogens is 438 g/mol. The van der Waals surface area contributed by atoms with Gasteiger partial charge in [0.25, 0.3) is 5.91 Å². The van der Waals surface area contributed by atoms with E-state index in [-0.39, 0.29) is 19.1 Å². The first-order valence-corrected chi connectivity index (χ1v) is 11.3.